The third kappa shape index (κ3) is 4.46. The highest BCUT2D eigenvalue weighted by molar-refractivity contribution is 8.00. The number of carbonyl (C=O) groups is 2. The van der Waals surface area contributed by atoms with Gasteiger partial charge in [0.15, 0.2) is 5.78 Å². The molecule has 1 aliphatic carbocycles. The van der Waals surface area contributed by atoms with Crippen molar-refractivity contribution < 1.29 is 9.59 Å². The van der Waals surface area contributed by atoms with Crippen molar-refractivity contribution in [2.45, 2.75) is 16.7 Å². The molecule has 1 N–H and O–H groups in total. The number of thioether (sulfide) groups is 1. The van der Waals surface area contributed by atoms with Crippen LogP contribution in [0.25, 0.3) is 0 Å². The molecule has 9 heteroatoms. The molecule has 1 aliphatic heterocycles. The van der Waals surface area contributed by atoms with E-state index in [1.807, 2.05) is 11.8 Å². The minimum Gasteiger partial charge on any atom is -0.326 e. The monoisotopic (exact) mass is 521 g/mol. The van der Waals surface area contributed by atoms with Crippen LogP contribution >= 0.6 is 69.8 Å². The van der Waals surface area contributed by atoms with Crippen molar-refractivity contribution >= 4 is 87.1 Å². The Balaban J connectivity index is 1.49. The minimum atomic E-state index is -1.26. The van der Waals surface area contributed by atoms with Crippen molar-refractivity contribution in [2.75, 3.05) is 16.8 Å². The number of amides is 1. The van der Waals surface area contributed by atoms with E-state index in [0.29, 0.717) is 38.7 Å². The molecule has 2 unspecified atom stereocenters. The van der Waals surface area contributed by atoms with Gasteiger partial charge in [-0.3, -0.25) is 9.59 Å². The molecule has 3 nitrogen and oxygen atoms in total. The van der Waals surface area contributed by atoms with Crippen molar-refractivity contribution in [3.05, 3.63) is 62.6 Å². The van der Waals surface area contributed by atoms with E-state index in [9.17, 15) is 9.59 Å². The maximum Gasteiger partial charge on any atom is 0.231 e. The Labute approximate surface area is 203 Å². The van der Waals surface area contributed by atoms with Crippen LogP contribution in [0.3, 0.4) is 0 Å². The number of carbonyl (C=O) groups excluding carboxylic acids is 2. The SMILES string of the molecule is O=C(CC1CSC1)c1cc(NC(=O)C2C(c3ccc(Cl)c(Cl)c3)C2(Cl)Cl)ccc1Cl. The van der Waals surface area contributed by atoms with Crippen LogP contribution in [-0.2, 0) is 4.79 Å². The Morgan fingerprint density at radius 2 is 1.70 bits per heavy atom. The number of rotatable bonds is 6. The molecule has 4 rings (SSSR count). The number of nitrogens with one attached hydrogen (secondary N) is 1. The molecule has 0 spiro atoms. The average Bonchev–Trinajstić information content (AvgIpc) is 3.24. The van der Waals surface area contributed by atoms with Crippen molar-refractivity contribution in [3.8, 4) is 0 Å². The second kappa shape index (κ2) is 8.73. The van der Waals surface area contributed by atoms with E-state index in [-0.39, 0.29) is 11.7 Å². The number of halogens is 5. The lowest BCUT2D eigenvalue weighted by Crippen LogP contribution is -2.22. The number of Topliss-reactive ketones (excluding diaryl/α,β-unsaturated/α-hetero) is 1. The molecule has 0 bridgehead atoms. The summed E-state index contributed by atoms with van der Waals surface area (Å²) in [5, 5.41) is 3.96. The summed E-state index contributed by atoms with van der Waals surface area (Å²) in [7, 11) is 0. The first-order valence-electron chi connectivity index (χ1n) is 9.22. The predicted molar refractivity (Wildman–Crippen MR) is 127 cm³/mol. The second-order valence-electron chi connectivity index (χ2n) is 7.52. The fourth-order valence-electron chi connectivity index (χ4n) is 3.58. The average molecular weight is 524 g/mol. The van der Waals surface area contributed by atoms with E-state index in [4.69, 9.17) is 58.0 Å². The number of anilines is 1. The van der Waals surface area contributed by atoms with Gasteiger partial charge in [-0.05, 0) is 53.3 Å². The van der Waals surface area contributed by atoms with Crippen molar-refractivity contribution in [1.82, 2.24) is 0 Å². The lowest BCUT2D eigenvalue weighted by Gasteiger charge is -2.24. The fraction of sp³-hybridized carbons (Fsp3) is 0.333. The maximum absolute atomic E-state index is 12.9. The first kappa shape index (κ1) is 22.6. The first-order valence-corrected chi connectivity index (χ1v) is 12.3. The van der Waals surface area contributed by atoms with Crippen LogP contribution in [0.5, 0.6) is 0 Å². The highest BCUT2D eigenvalue weighted by atomic mass is 35.5. The molecule has 0 aromatic heterocycles. The van der Waals surface area contributed by atoms with Gasteiger partial charge < -0.3 is 5.32 Å². The highest BCUT2D eigenvalue weighted by Crippen LogP contribution is 2.65. The molecule has 2 aromatic carbocycles. The normalized spacial score (nSPS) is 22.3. The zero-order valence-electron chi connectivity index (χ0n) is 15.4. The Morgan fingerprint density at radius 1 is 1.00 bits per heavy atom. The van der Waals surface area contributed by atoms with E-state index in [0.717, 1.165) is 17.1 Å². The molecule has 1 heterocycles. The van der Waals surface area contributed by atoms with Gasteiger partial charge >= 0.3 is 0 Å². The molecular weight excluding hydrogens is 508 g/mol. The number of benzene rings is 2. The van der Waals surface area contributed by atoms with Crippen LogP contribution in [0, 0.1) is 11.8 Å². The van der Waals surface area contributed by atoms with E-state index >= 15 is 0 Å². The van der Waals surface area contributed by atoms with Gasteiger partial charge in [0.2, 0.25) is 5.91 Å². The van der Waals surface area contributed by atoms with E-state index in [2.05, 4.69) is 5.32 Å². The lowest BCUT2D eigenvalue weighted by atomic mass is 10.00. The standard InChI is InChI=1S/C21H16Cl5NO2S/c22-14-4-2-12(7-13(14)17(28)5-10-8-30-9-10)27-20(29)19-18(21(19,25)26)11-1-3-15(23)16(24)6-11/h1-4,6-7,10,18-19H,5,8-9H2,(H,27,29). The Bertz CT molecular complexity index is 1020. The molecule has 2 aromatic rings. The summed E-state index contributed by atoms with van der Waals surface area (Å²) in [6.07, 6.45) is 0.457. The van der Waals surface area contributed by atoms with Crippen LogP contribution in [0.1, 0.15) is 28.3 Å². The Hall–Kier alpha value is -0.620. The van der Waals surface area contributed by atoms with Crippen LogP contribution < -0.4 is 5.32 Å². The molecule has 1 amide bonds. The molecule has 0 radical (unpaired) electrons. The van der Waals surface area contributed by atoms with Gasteiger partial charge in [-0.25, -0.2) is 0 Å². The summed E-state index contributed by atoms with van der Waals surface area (Å²) < 4.78 is -1.26. The largest absolute Gasteiger partial charge is 0.326 e. The summed E-state index contributed by atoms with van der Waals surface area (Å²) >= 11 is 32.9. The quantitative estimate of drug-likeness (QED) is 0.324. The van der Waals surface area contributed by atoms with Crippen molar-refractivity contribution in [1.29, 1.82) is 0 Å². The fourth-order valence-corrected chi connectivity index (χ4v) is 5.75. The number of alkyl halides is 2. The Kier molecular flexibility index (Phi) is 6.56. The number of hydrogen-bond acceptors (Lipinski definition) is 3. The van der Waals surface area contributed by atoms with Crippen molar-refractivity contribution in [3.63, 3.8) is 0 Å². The van der Waals surface area contributed by atoms with Gasteiger partial charge in [0.05, 0.1) is 21.0 Å². The predicted octanol–water partition coefficient (Wildman–Crippen LogP) is 7.11. The van der Waals surface area contributed by atoms with Gasteiger partial charge in [-0.1, -0.05) is 40.9 Å². The van der Waals surface area contributed by atoms with Crippen LogP contribution in [0.15, 0.2) is 36.4 Å². The van der Waals surface area contributed by atoms with Gasteiger partial charge in [0.1, 0.15) is 4.33 Å². The maximum atomic E-state index is 12.9. The molecule has 1 saturated heterocycles. The van der Waals surface area contributed by atoms with Crippen LogP contribution in [-0.4, -0.2) is 27.5 Å². The first-order chi connectivity index (χ1) is 14.2. The van der Waals surface area contributed by atoms with E-state index in [1.54, 1.807) is 36.4 Å². The highest BCUT2D eigenvalue weighted by Gasteiger charge is 2.67. The van der Waals surface area contributed by atoms with Crippen molar-refractivity contribution in [2.24, 2.45) is 11.8 Å². The van der Waals surface area contributed by atoms with E-state index in [1.165, 1.54) is 0 Å². The third-order valence-corrected chi connectivity index (χ3v) is 8.78. The number of ketones is 1. The third-order valence-electron chi connectivity index (χ3n) is 5.35. The van der Waals surface area contributed by atoms with Gasteiger partial charge in [-0.2, -0.15) is 11.8 Å². The molecule has 2 aliphatic rings. The molecule has 1 saturated carbocycles. The number of hydrogen-bond donors (Lipinski definition) is 1. The summed E-state index contributed by atoms with van der Waals surface area (Å²) in [6.45, 7) is 0. The molecular formula is C21H16Cl5NO2S. The summed E-state index contributed by atoms with van der Waals surface area (Å²) in [5.74, 6) is 0.928. The zero-order chi connectivity index (χ0) is 21.6. The smallest absolute Gasteiger partial charge is 0.231 e. The Morgan fingerprint density at radius 3 is 2.33 bits per heavy atom. The van der Waals surface area contributed by atoms with Crippen LogP contribution in [0.2, 0.25) is 15.1 Å². The molecule has 158 valence electrons. The zero-order valence-corrected chi connectivity index (χ0v) is 20.0. The molecule has 2 atom stereocenters. The van der Waals surface area contributed by atoms with Gasteiger partial charge in [0, 0.05) is 23.6 Å². The summed E-state index contributed by atoms with van der Waals surface area (Å²) in [6, 6.07) is 9.93. The summed E-state index contributed by atoms with van der Waals surface area (Å²) in [5.41, 5.74) is 1.62. The lowest BCUT2D eigenvalue weighted by molar-refractivity contribution is -0.117. The van der Waals surface area contributed by atoms with Gasteiger partial charge in [-0.15, -0.1) is 23.2 Å². The van der Waals surface area contributed by atoms with Crippen LogP contribution in [0.4, 0.5) is 5.69 Å². The van der Waals surface area contributed by atoms with E-state index < -0.39 is 16.2 Å². The summed E-state index contributed by atoms with van der Waals surface area (Å²) in [4.78, 5) is 25.4. The second-order valence-corrected chi connectivity index (χ2v) is 11.3. The van der Waals surface area contributed by atoms with Gasteiger partial charge in [0.25, 0.3) is 0 Å². The topological polar surface area (TPSA) is 46.2 Å². The molecule has 30 heavy (non-hydrogen) atoms. The molecule has 2 fully saturated rings. The minimum absolute atomic E-state index is 0.0227.